The summed E-state index contributed by atoms with van der Waals surface area (Å²) in [6, 6.07) is 8.79. The van der Waals surface area contributed by atoms with Gasteiger partial charge in [0.05, 0.1) is 7.11 Å². The third kappa shape index (κ3) is 4.72. The van der Waals surface area contributed by atoms with E-state index in [4.69, 9.17) is 23.4 Å². The lowest BCUT2D eigenvalue weighted by molar-refractivity contribution is -0.133. The van der Waals surface area contributed by atoms with Crippen LogP contribution in [0.15, 0.2) is 45.6 Å². The van der Waals surface area contributed by atoms with Gasteiger partial charge in [-0.2, -0.15) is 0 Å². The van der Waals surface area contributed by atoms with Crippen LogP contribution in [0.2, 0.25) is 0 Å². The number of ether oxygens (including phenoxy) is 4. The van der Waals surface area contributed by atoms with Crippen LogP contribution in [0.25, 0.3) is 22.3 Å². The molecule has 0 unspecified atom stereocenters. The highest BCUT2D eigenvalue weighted by Crippen LogP contribution is 2.37. The molecule has 0 amide bonds. The smallest absolute Gasteiger partial charge is 0.308 e. The van der Waals surface area contributed by atoms with Crippen molar-refractivity contribution in [1.82, 2.24) is 0 Å². The van der Waals surface area contributed by atoms with Crippen LogP contribution in [0.3, 0.4) is 0 Å². The summed E-state index contributed by atoms with van der Waals surface area (Å²) in [6.07, 6.45) is 0. The highest BCUT2D eigenvalue weighted by atomic mass is 16.5. The standard InChI is InChI=1S/C22H18O9/c1-11(23)28-15-7-5-14(6-8-15)21-22(27-4)20(26)19-17(30-13(3)25)9-16(29-12(2)24)10-18(19)31-21/h5-10H,1-4H3. The maximum absolute atomic E-state index is 13.1. The van der Waals surface area contributed by atoms with Crippen LogP contribution in [0.1, 0.15) is 20.8 Å². The van der Waals surface area contributed by atoms with Crippen molar-refractivity contribution in [3.63, 3.8) is 0 Å². The fraction of sp³-hybridized carbons (Fsp3) is 0.182. The quantitative estimate of drug-likeness (QED) is 0.447. The second kappa shape index (κ2) is 8.70. The summed E-state index contributed by atoms with van der Waals surface area (Å²) in [4.78, 5) is 47.1. The van der Waals surface area contributed by atoms with Gasteiger partial charge in [-0.15, -0.1) is 0 Å². The molecular weight excluding hydrogens is 408 g/mol. The van der Waals surface area contributed by atoms with Crippen LogP contribution in [0.4, 0.5) is 0 Å². The molecule has 0 atom stereocenters. The zero-order valence-electron chi connectivity index (χ0n) is 17.1. The van der Waals surface area contributed by atoms with Crippen LogP contribution in [0.5, 0.6) is 23.0 Å². The van der Waals surface area contributed by atoms with Crippen molar-refractivity contribution in [2.75, 3.05) is 7.11 Å². The minimum atomic E-state index is -0.676. The molecule has 0 aliphatic heterocycles. The molecule has 31 heavy (non-hydrogen) atoms. The van der Waals surface area contributed by atoms with Gasteiger partial charge < -0.3 is 23.4 Å². The summed E-state index contributed by atoms with van der Waals surface area (Å²) < 4.78 is 26.4. The number of methoxy groups -OCH3 is 1. The number of benzene rings is 2. The van der Waals surface area contributed by atoms with Gasteiger partial charge in [-0.25, -0.2) is 0 Å². The van der Waals surface area contributed by atoms with Gasteiger partial charge in [0.2, 0.25) is 11.2 Å². The summed E-state index contributed by atoms with van der Waals surface area (Å²) in [6.45, 7) is 3.65. The molecule has 0 aliphatic rings. The van der Waals surface area contributed by atoms with E-state index in [1.165, 1.54) is 52.1 Å². The minimum absolute atomic E-state index is 0.0138. The molecule has 3 aromatic rings. The van der Waals surface area contributed by atoms with Gasteiger partial charge in [0, 0.05) is 38.5 Å². The highest BCUT2D eigenvalue weighted by molar-refractivity contribution is 5.91. The Labute approximate surface area is 176 Å². The molecule has 2 aromatic carbocycles. The Hall–Kier alpha value is -4.14. The molecule has 0 N–H and O–H groups in total. The van der Waals surface area contributed by atoms with Crippen molar-refractivity contribution < 1.29 is 37.7 Å². The molecule has 0 saturated heterocycles. The molecule has 1 heterocycles. The second-order valence-electron chi connectivity index (χ2n) is 6.39. The Morgan fingerprint density at radius 3 is 1.94 bits per heavy atom. The van der Waals surface area contributed by atoms with Gasteiger partial charge in [0.15, 0.2) is 5.76 Å². The average molecular weight is 426 g/mol. The Morgan fingerprint density at radius 1 is 0.806 bits per heavy atom. The Balaban J connectivity index is 2.25. The first-order chi connectivity index (χ1) is 14.7. The molecule has 9 nitrogen and oxygen atoms in total. The number of rotatable bonds is 5. The Morgan fingerprint density at radius 2 is 1.39 bits per heavy atom. The van der Waals surface area contributed by atoms with E-state index in [1.54, 1.807) is 12.1 Å². The summed E-state index contributed by atoms with van der Waals surface area (Å²) >= 11 is 0. The monoisotopic (exact) mass is 426 g/mol. The van der Waals surface area contributed by atoms with E-state index in [-0.39, 0.29) is 34.0 Å². The van der Waals surface area contributed by atoms with Crippen molar-refractivity contribution in [1.29, 1.82) is 0 Å². The van der Waals surface area contributed by atoms with Gasteiger partial charge >= 0.3 is 17.9 Å². The maximum Gasteiger partial charge on any atom is 0.308 e. The van der Waals surface area contributed by atoms with Crippen molar-refractivity contribution in [2.45, 2.75) is 20.8 Å². The van der Waals surface area contributed by atoms with Gasteiger partial charge in [-0.05, 0) is 24.3 Å². The number of carbonyl (C=O) groups excluding carboxylic acids is 3. The van der Waals surface area contributed by atoms with Crippen LogP contribution >= 0.6 is 0 Å². The van der Waals surface area contributed by atoms with Crippen molar-refractivity contribution in [3.8, 4) is 34.3 Å². The van der Waals surface area contributed by atoms with E-state index in [9.17, 15) is 19.2 Å². The predicted molar refractivity (Wildman–Crippen MR) is 108 cm³/mol. The number of esters is 3. The predicted octanol–water partition coefficient (Wildman–Crippen LogP) is 3.24. The molecular formula is C22H18O9. The van der Waals surface area contributed by atoms with Crippen LogP contribution in [-0.4, -0.2) is 25.0 Å². The molecule has 0 aliphatic carbocycles. The first kappa shape index (κ1) is 21.6. The van der Waals surface area contributed by atoms with Gasteiger partial charge in [0.1, 0.15) is 28.2 Å². The fourth-order valence-corrected chi connectivity index (χ4v) is 2.92. The molecule has 0 saturated carbocycles. The van der Waals surface area contributed by atoms with Crippen LogP contribution in [0, 0.1) is 0 Å². The third-order valence-corrected chi connectivity index (χ3v) is 3.99. The summed E-state index contributed by atoms with van der Waals surface area (Å²) in [5.41, 5.74) is -0.119. The SMILES string of the molecule is COc1c(-c2ccc(OC(C)=O)cc2)oc2cc(OC(C)=O)cc(OC(C)=O)c2c1=O. The Kier molecular flexibility index (Phi) is 6.05. The van der Waals surface area contributed by atoms with Crippen molar-refractivity contribution >= 4 is 28.9 Å². The van der Waals surface area contributed by atoms with E-state index < -0.39 is 23.3 Å². The number of carbonyl (C=O) groups is 3. The molecule has 0 radical (unpaired) electrons. The molecule has 9 heteroatoms. The topological polar surface area (TPSA) is 118 Å². The van der Waals surface area contributed by atoms with Gasteiger partial charge in [0.25, 0.3) is 0 Å². The van der Waals surface area contributed by atoms with E-state index in [0.29, 0.717) is 11.3 Å². The van der Waals surface area contributed by atoms with Gasteiger partial charge in [-0.3, -0.25) is 19.2 Å². The zero-order chi connectivity index (χ0) is 22.7. The third-order valence-electron chi connectivity index (χ3n) is 3.99. The Bertz CT molecular complexity index is 1240. The lowest BCUT2D eigenvalue weighted by Crippen LogP contribution is -2.12. The molecule has 0 spiro atoms. The molecule has 160 valence electrons. The first-order valence-corrected chi connectivity index (χ1v) is 9.04. The maximum atomic E-state index is 13.1. The van der Waals surface area contributed by atoms with Crippen molar-refractivity contribution in [3.05, 3.63) is 46.6 Å². The lowest BCUT2D eigenvalue weighted by Gasteiger charge is -2.13. The van der Waals surface area contributed by atoms with E-state index in [1.807, 2.05) is 0 Å². The molecule has 0 fully saturated rings. The largest absolute Gasteiger partial charge is 0.490 e. The van der Waals surface area contributed by atoms with Crippen LogP contribution < -0.4 is 24.4 Å². The second-order valence-corrected chi connectivity index (χ2v) is 6.39. The number of hydrogen-bond donors (Lipinski definition) is 0. The average Bonchev–Trinajstić information content (AvgIpc) is 2.66. The first-order valence-electron chi connectivity index (χ1n) is 9.04. The van der Waals surface area contributed by atoms with E-state index in [2.05, 4.69) is 0 Å². The van der Waals surface area contributed by atoms with E-state index in [0.717, 1.165) is 0 Å². The normalized spacial score (nSPS) is 10.5. The summed E-state index contributed by atoms with van der Waals surface area (Å²) in [5.74, 6) is -1.59. The number of hydrogen-bond acceptors (Lipinski definition) is 9. The van der Waals surface area contributed by atoms with Crippen molar-refractivity contribution in [2.24, 2.45) is 0 Å². The molecule has 3 rings (SSSR count). The molecule has 1 aromatic heterocycles. The number of fused-ring (bicyclic) bond motifs is 1. The fourth-order valence-electron chi connectivity index (χ4n) is 2.92. The van der Waals surface area contributed by atoms with Crippen LogP contribution in [-0.2, 0) is 14.4 Å². The van der Waals surface area contributed by atoms with Gasteiger partial charge in [-0.1, -0.05) is 0 Å². The molecule has 0 bridgehead atoms. The zero-order valence-corrected chi connectivity index (χ0v) is 17.1. The van der Waals surface area contributed by atoms with E-state index >= 15 is 0 Å². The summed E-state index contributed by atoms with van der Waals surface area (Å²) in [7, 11) is 1.30. The minimum Gasteiger partial charge on any atom is -0.490 e. The summed E-state index contributed by atoms with van der Waals surface area (Å²) in [5, 5.41) is -0.0526. The highest BCUT2D eigenvalue weighted by Gasteiger charge is 2.22. The lowest BCUT2D eigenvalue weighted by atomic mass is 10.1.